The smallest absolute Gasteiger partial charge is 0.148 e. The van der Waals surface area contributed by atoms with Crippen molar-refractivity contribution in [1.82, 2.24) is 9.97 Å². The number of aromatic nitrogens is 2. The summed E-state index contributed by atoms with van der Waals surface area (Å²) in [5.74, 6) is 0.543. The number of nitrogens with two attached hydrogens (primary N) is 1. The molecular weight excluding hydrogens is 205 g/mol. The average molecular weight is 218 g/mol. The van der Waals surface area contributed by atoms with Crippen molar-refractivity contribution in [3.05, 3.63) is 24.0 Å². The number of benzene rings is 1. The van der Waals surface area contributed by atoms with Crippen molar-refractivity contribution in [3.63, 3.8) is 0 Å². The minimum absolute atomic E-state index is 0.358. The summed E-state index contributed by atoms with van der Waals surface area (Å²) >= 11 is 0. The summed E-state index contributed by atoms with van der Waals surface area (Å²) in [6.45, 7) is 4.16. The molecule has 0 amide bonds. The van der Waals surface area contributed by atoms with Gasteiger partial charge in [-0.05, 0) is 18.6 Å². The zero-order valence-corrected chi connectivity index (χ0v) is 9.75. The summed E-state index contributed by atoms with van der Waals surface area (Å²) in [5, 5.41) is 2.17. The van der Waals surface area contributed by atoms with Gasteiger partial charge in [0, 0.05) is 11.5 Å². The molecule has 0 saturated carbocycles. The van der Waals surface area contributed by atoms with Crippen molar-refractivity contribution in [3.8, 4) is 0 Å². The third kappa shape index (κ3) is 1.71. The molecule has 1 atom stereocenters. The maximum Gasteiger partial charge on any atom is 0.148 e. The van der Waals surface area contributed by atoms with Gasteiger partial charge in [-0.3, -0.25) is 0 Å². The summed E-state index contributed by atoms with van der Waals surface area (Å²) in [5.41, 5.74) is 7.90. The molecule has 0 saturated heterocycles. The number of aryl methyl sites for hydroxylation is 1. The Balaban J connectivity index is 2.85. The maximum absolute atomic E-state index is 5.83. The lowest BCUT2D eigenvalue weighted by Gasteiger charge is -2.03. The topological polar surface area (TPSA) is 51.8 Å². The molecule has 1 heterocycles. The third-order valence-electron chi connectivity index (χ3n) is 2.39. The highest BCUT2D eigenvalue weighted by Crippen LogP contribution is 2.23. The summed E-state index contributed by atoms with van der Waals surface area (Å²) in [4.78, 5) is 8.24. The van der Waals surface area contributed by atoms with Gasteiger partial charge >= 0.3 is 0 Å². The van der Waals surface area contributed by atoms with Crippen LogP contribution >= 0.6 is 7.55 Å². The molecule has 15 heavy (non-hydrogen) atoms. The Morgan fingerprint density at radius 1 is 1.33 bits per heavy atom. The summed E-state index contributed by atoms with van der Waals surface area (Å²) in [6, 6.07) is 4.18. The number of nitrogen functional groups attached to an aromatic ring is 1. The minimum Gasteiger partial charge on any atom is -0.383 e. The Bertz CT molecular complexity index is 549. The second-order valence-corrected chi connectivity index (χ2v) is 5.53. The molecule has 0 aliphatic heterocycles. The van der Waals surface area contributed by atoms with E-state index in [4.69, 9.17) is 5.73 Å². The van der Waals surface area contributed by atoms with E-state index in [1.807, 2.05) is 6.92 Å². The van der Waals surface area contributed by atoms with Crippen molar-refractivity contribution < 1.29 is 0 Å². The van der Waals surface area contributed by atoms with E-state index in [2.05, 4.69) is 35.1 Å². The van der Waals surface area contributed by atoms with E-state index in [1.54, 1.807) is 0 Å². The molecule has 1 aromatic carbocycles. The highest BCUT2D eigenvalue weighted by molar-refractivity contribution is 7.62. The van der Waals surface area contributed by atoms with Crippen LogP contribution in [0.5, 0.6) is 0 Å². The van der Waals surface area contributed by atoms with Gasteiger partial charge in [0.05, 0.1) is 11.8 Å². The predicted octanol–water partition coefficient (Wildman–Crippen LogP) is 1.69. The van der Waals surface area contributed by atoms with E-state index >= 15 is 0 Å². The van der Waals surface area contributed by atoms with Crippen molar-refractivity contribution in [2.75, 3.05) is 12.4 Å². The van der Waals surface area contributed by atoms with Gasteiger partial charge in [-0.15, -0.1) is 0 Å². The minimum atomic E-state index is -0.358. The van der Waals surface area contributed by atoms with Crippen LogP contribution in [-0.4, -0.2) is 22.9 Å². The summed E-state index contributed by atoms with van der Waals surface area (Å²) < 4.78 is 0. The Hall–Kier alpha value is -1.47. The maximum atomic E-state index is 5.83. The van der Waals surface area contributed by atoms with Crippen LogP contribution in [0, 0.1) is 6.92 Å². The Labute approximate surface area is 89.7 Å². The fraction of sp³-hybridized carbons (Fsp3) is 0.182. The van der Waals surface area contributed by atoms with E-state index in [9.17, 15) is 0 Å². The summed E-state index contributed by atoms with van der Waals surface area (Å²) in [6.07, 6.45) is 5.57. The van der Waals surface area contributed by atoms with Gasteiger partial charge in [0.15, 0.2) is 0 Å². The van der Waals surface area contributed by atoms with Crippen molar-refractivity contribution in [2.45, 2.75) is 6.92 Å². The molecule has 0 aliphatic carbocycles. The fourth-order valence-electron chi connectivity index (χ4n) is 1.57. The first-order valence-corrected chi connectivity index (χ1v) is 6.62. The fourth-order valence-corrected chi connectivity index (χ4v) is 2.33. The van der Waals surface area contributed by atoms with Gasteiger partial charge < -0.3 is 5.73 Å². The van der Waals surface area contributed by atoms with Crippen LogP contribution in [0.4, 0.5) is 5.82 Å². The Morgan fingerprint density at radius 3 is 2.73 bits per heavy atom. The first kappa shape index (κ1) is 10.1. The van der Waals surface area contributed by atoms with E-state index in [0.717, 1.165) is 16.5 Å². The van der Waals surface area contributed by atoms with E-state index in [-0.39, 0.29) is 7.55 Å². The molecule has 0 aliphatic rings. The molecule has 2 rings (SSSR count). The molecular formula is C11H13N3P+. The van der Waals surface area contributed by atoms with Crippen LogP contribution in [0.1, 0.15) is 5.56 Å². The molecule has 3 nitrogen and oxygen atoms in total. The van der Waals surface area contributed by atoms with Crippen LogP contribution < -0.4 is 11.0 Å². The summed E-state index contributed by atoms with van der Waals surface area (Å²) in [7, 11) is -0.358. The first-order chi connectivity index (χ1) is 7.09. The number of nitrogens with zero attached hydrogens (tertiary/aromatic N) is 2. The number of fused-ring (bicyclic) bond motifs is 1. The van der Waals surface area contributed by atoms with Gasteiger partial charge in [-0.2, -0.15) is 0 Å². The van der Waals surface area contributed by atoms with Crippen LogP contribution in [-0.2, 0) is 0 Å². The largest absolute Gasteiger partial charge is 0.383 e. The van der Waals surface area contributed by atoms with Gasteiger partial charge in [-0.25, -0.2) is 9.97 Å². The second kappa shape index (κ2) is 3.59. The highest BCUT2D eigenvalue weighted by atomic mass is 31.1. The van der Waals surface area contributed by atoms with Gasteiger partial charge in [0.25, 0.3) is 0 Å². The van der Waals surface area contributed by atoms with Crippen LogP contribution in [0.2, 0.25) is 0 Å². The average Bonchev–Trinajstić information content (AvgIpc) is 2.19. The monoisotopic (exact) mass is 218 g/mol. The third-order valence-corrected chi connectivity index (χ3v) is 3.53. The first-order valence-electron chi connectivity index (χ1n) is 4.64. The molecule has 4 heteroatoms. The van der Waals surface area contributed by atoms with E-state index in [0.29, 0.717) is 5.82 Å². The van der Waals surface area contributed by atoms with Gasteiger partial charge in [0.2, 0.25) is 0 Å². The van der Waals surface area contributed by atoms with Crippen LogP contribution in [0.3, 0.4) is 0 Å². The molecule has 76 valence electrons. The molecule has 0 radical (unpaired) electrons. The number of hydrogen-bond acceptors (Lipinski definition) is 3. The molecule has 0 fully saturated rings. The van der Waals surface area contributed by atoms with Crippen LogP contribution in [0.15, 0.2) is 18.5 Å². The SMILES string of the molecule is C=[P+](C)c1cc(C)c2ncnc(N)c2c1. The molecule has 1 unspecified atom stereocenters. The normalized spacial score (nSPS) is 11.7. The van der Waals surface area contributed by atoms with Gasteiger partial charge in [0.1, 0.15) is 31.7 Å². The molecule has 2 aromatic rings. The zero-order valence-electron chi connectivity index (χ0n) is 8.86. The molecule has 0 spiro atoms. The quantitative estimate of drug-likeness (QED) is 0.741. The van der Waals surface area contributed by atoms with Crippen LogP contribution in [0.25, 0.3) is 10.9 Å². The molecule has 1 aromatic heterocycles. The van der Waals surface area contributed by atoms with Gasteiger partial charge in [-0.1, -0.05) is 0 Å². The van der Waals surface area contributed by atoms with Crippen molar-refractivity contribution in [2.24, 2.45) is 0 Å². The molecule has 2 N–H and O–H groups in total. The number of anilines is 1. The highest BCUT2D eigenvalue weighted by Gasteiger charge is 2.10. The lowest BCUT2D eigenvalue weighted by Crippen LogP contribution is -2.02. The Kier molecular flexibility index (Phi) is 2.41. The standard InChI is InChI=1S/C11H13N3P/c1-7-4-8(15(2)3)5-9-10(7)13-6-14-11(9)12/h4-6H,2H2,1,3H3,(H2,12,13,14)/q+1. The van der Waals surface area contributed by atoms with Crippen molar-refractivity contribution in [1.29, 1.82) is 0 Å². The number of hydrogen-bond donors (Lipinski definition) is 1. The lowest BCUT2D eigenvalue weighted by atomic mass is 10.1. The van der Waals surface area contributed by atoms with E-state index < -0.39 is 0 Å². The zero-order chi connectivity index (χ0) is 11.0. The van der Waals surface area contributed by atoms with E-state index in [1.165, 1.54) is 11.6 Å². The lowest BCUT2D eigenvalue weighted by molar-refractivity contribution is 1.22. The number of rotatable bonds is 1. The molecule has 0 bridgehead atoms. The second-order valence-electron chi connectivity index (χ2n) is 3.62. The van der Waals surface area contributed by atoms with Crippen molar-refractivity contribution >= 4 is 35.9 Å². The Morgan fingerprint density at radius 2 is 2.07 bits per heavy atom. The predicted molar refractivity (Wildman–Crippen MR) is 68.3 cm³/mol.